The van der Waals surface area contributed by atoms with E-state index in [1.165, 1.54) is 0 Å². The Morgan fingerprint density at radius 1 is 1.33 bits per heavy atom. The zero-order chi connectivity index (χ0) is 11.8. The molecule has 5 heteroatoms. The van der Waals surface area contributed by atoms with Crippen LogP contribution in [-0.4, -0.2) is 34.9 Å². The molecule has 0 amide bonds. The molecule has 0 aliphatic heterocycles. The van der Waals surface area contributed by atoms with Crippen molar-refractivity contribution in [2.75, 3.05) is 6.61 Å². The van der Waals surface area contributed by atoms with Gasteiger partial charge in [0.25, 0.3) is 0 Å². The number of aliphatic hydroxyl groups is 1. The molecule has 86 valence electrons. The average Bonchev–Trinajstić information content (AvgIpc) is 2.10. The number of carboxylic acids is 1. The molecule has 0 fully saturated rings. The quantitative estimate of drug-likeness (QED) is 0.501. The second-order valence-electron chi connectivity index (χ2n) is 3.58. The highest BCUT2D eigenvalue weighted by molar-refractivity contribution is 5.90. The first kappa shape index (κ1) is 13.6. The first-order valence-corrected chi connectivity index (χ1v) is 4.67. The lowest BCUT2D eigenvalue weighted by atomic mass is 10.1. The van der Waals surface area contributed by atoms with E-state index in [1.54, 1.807) is 0 Å². The summed E-state index contributed by atoms with van der Waals surface area (Å²) in [4.78, 5) is 20.9. The van der Waals surface area contributed by atoms with E-state index in [0.717, 1.165) is 6.08 Å². The lowest BCUT2D eigenvalue weighted by molar-refractivity contribution is -0.141. The molecule has 1 atom stereocenters. The van der Waals surface area contributed by atoms with Gasteiger partial charge in [0.15, 0.2) is 0 Å². The van der Waals surface area contributed by atoms with Crippen LogP contribution in [0.3, 0.4) is 0 Å². The van der Waals surface area contributed by atoms with Gasteiger partial charge in [0.05, 0.1) is 6.10 Å². The number of aliphatic carboxylic acids is 1. The van der Waals surface area contributed by atoms with Gasteiger partial charge in [0.2, 0.25) is 0 Å². The Bertz CT molecular complexity index is 244. The number of esters is 1. The highest BCUT2D eigenvalue weighted by Gasteiger charge is 2.09. The van der Waals surface area contributed by atoms with Gasteiger partial charge in [-0.3, -0.25) is 0 Å². The molecular weight excluding hydrogens is 200 g/mol. The van der Waals surface area contributed by atoms with E-state index in [4.69, 9.17) is 5.11 Å². The minimum absolute atomic E-state index is 0.110. The molecule has 0 heterocycles. The van der Waals surface area contributed by atoms with Crippen LogP contribution in [0.15, 0.2) is 12.2 Å². The molecule has 2 N–H and O–H groups in total. The molecule has 0 aromatic rings. The summed E-state index contributed by atoms with van der Waals surface area (Å²) < 4.78 is 4.62. The fourth-order valence-corrected chi connectivity index (χ4v) is 0.978. The van der Waals surface area contributed by atoms with E-state index < -0.39 is 18.0 Å². The van der Waals surface area contributed by atoms with E-state index in [-0.39, 0.29) is 6.61 Å². The van der Waals surface area contributed by atoms with Crippen molar-refractivity contribution in [2.45, 2.75) is 26.4 Å². The zero-order valence-corrected chi connectivity index (χ0v) is 8.84. The summed E-state index contributed by atoms with van der Waals surface area (Å²) in [7, 11) is 0. The van der Waals surface area contributed by atoms with Gasteiger partial charge in [-0.25, -0.2) is 9.59 Å². The lowest BCUT2D eigenvalue weighted by Gasteiger charge is -2.12. The predicted octanol–water partition coefficient (Wildman–Crippen LogP) is 0.577. The number of carbonyl (C=O) groups excluding carboxylic acids is 1. The number of rotatable bonds is 6. The van der Waals surface area contributed by atoms with Crippen LogP contribution in [0.25, 0.3) is 0 Å². The second kappa shape index (κ2) is 7.00. The summed E-state index contributed by atoms with van der Waals surface area (Å²) in [5.41, 5.74) is 0. The van der Waals surface area contributed by atoms with Crippen molar-refractivity contribution in [1.82, 2.24) is 0 Å². The Balaban J connectivity index is 3.75. The SMILES string of the molecule is CC(C)CC(O)COC(=O)/C=C/C(=O)O. The number of carbonyl (C=O) groups is 2. The standard InChI is InChI=1S/C10H16O5/c1-7(2)5-8(11)6-15-10(14)4-3-9(12)13/h3-4,7-8,11H,5-6H2,1-2H3,(H,12,13)/b4-3+. The van der Waals surface area contributed by atoms with Crippen molar-refractivity contribution in [3.05, 3.63) is 12.2 Å². The number of hydrogen-bond acceptors (Lipinski definition) is 4. The maximum Gasteiger partial charge on any atom is 0.331 e. The van der Waals surface area contributed by atoms with E-state index in [0.29, 0.717) is 18.4 Å². The van der Waals surface area contributed by atoms with Crippen LogP contribution in [-0.2, 0) is 14.3 Å². The lowest BCUT2D eigenvalue weighted by Crippen LogP contribution is -2.19. The first-order valence-electron chi connectivity index (χ1n) is 4.67. The van der Waals surface area contributed by atoms with Crippen LogP contribution >= 0.6 is 0 Å². The highest BCUT2D eigenvalue weighted by Crippen LogP contribution is 2.04. The maximum absolute atomic E-state index is 10.9. The normalized spacial score (nSPS) is 13.1. The van der Waals surface area contributed by atoms with Gasteiger partial charge in [0.1, 0.15) is 6.61 Å². The fraction of sp³-hybridized carbons (Fsp3) is 0.600. The van der Waals surface area contributed by atoms with Crippen LogP contribution in [0, 0.1) is 5.92 Å². The third kappa shape index (κ3) is 8.96. The van der Waals surface area contributed by atoms with Crippen LogP contribution in [0.5, 0.6) is 0 Å². The monoisotopic (exact) mass is 216 g/mol. The first-order chi connectivity index (χ1) is 6.91. The Morgan fingerprint density at radius 3 is 2.40 bits per heavy atom. The summed E-state index contributed by atoms with van der Waals surface area (Å²) in [6.07, 6.45) is 1.34. The molecule has 0 radical (unpaired) electrons. The molecule has 0 aromatic carbocycles. The molecule has 0 aliphatic carbocycles. The largest absolute Gasteiger partial charge is 0.478 e. The molecule has 5 nitrogen and oxygen atoms in total. The molecular formula is C10H16O5. The van der Waals surface area contributed by atoms with Gasteiger partial charge < -0.3 is 14.9 Å². The van der Waals surface area contributed by atoms with E-state index in [9.17, 15) is 14.7 Å². The van der Waals surface area contributed by atoms with Gasteiger partial charge >= 0.3 is 11.9 Å². The van der Waals surface area contributed by atoms with Crippen molar-refractivity contribution >= 4 is 11.9 Å². The minimum Gasteiger partial charge on any atom is -0.478 e. The molecule has 0 saturated carbocycles. The number of aliphatic hydroxyl groups excluding tert-OH is 1. The molecule has 0 aliphatic rings. The summed E-state index contributed by atoms with van der Waals surface area (Å²) in [6.45, 7) is 3.77. The third-order valence-corrected chi connectivity index (χ3v) is 1.52. The smallest absolute Gasteiger partial charge is 0.331 e. The highest BCUT2D eigenvalue weighted by atomic mass is 16.5. The predicted molar refractivity (Wildman–Crippen MR) is 53.2 cm³/mol. The number of ether oxygens (including phenoxy) is 1. The van der Waals surface area contributed by atoms with E-state index >= 15 is 0 Å². The number of hydrogen-bond donors (Lipinski definition) is 2. The summed E-state index contributed by atoms with van der Waals surface area (Å²) >= 11 is 0. The van der Waals surface area contributed by atoms with Crippen molar-refractivity contribution in [3.8, 4) is 0 Å². The maximum atomic E-state index is 10.9. The molecule has 15 heavy (non-hydrogen) atoms. The average molecular weight is 216 g/mol. The third-order valence-electron chi connectivity index (χ3n) is 1.52. The Hall–Kier alpha value is -1.36. The Labute approximate surface area is 88.4 Å². The van der Waals surface area contributed by atoms with Gasteiger partial charge in [-0.2, -0.15) is 0 Å². The molecule has 0 saturated heterocycles. The summed E-state index contributed by atoms with van der Waals surface area (Å²) in [5, 5.41) is 17.5. The van der Waals surface area contributed by atoms with Crippen molar-refractivity contribution in [3.63, 3.8) is 0 Å². The van der Waals surface area contributed by atoms with Gasteiger partial charge in [-0.05, 0) is 12.3 Å². The fourth-order valence-electron chi connectivity index (χ4n) is 0.978. The second-order valence-corrected chi connectivity index (χ2v) is 3.58. The number of carboxylic acid groups (broad SMARTS) is 1. The molecule has 0 spiro atoms. The van der Waals surface area contributed by atoms with Crippen molar-refractivity contribution in [1.29, 1.82) is 0 Å². The Morgan fingerprint density at radius 2 is 1.93 bits per heavy atom. The van der Waals surface area contributed by atoms with E-state index in [1.807, 2.05) is 13.8 Å². The van der Waals surface area contributed by atoms with Gasteiger partial charge in [-0.15, -0.1) is 0 Å². The van der Waals surface area contributed by atoms with Crippen LogP contribution in [0.1, 0.15) is 20.3 Å². The summed E-state index contributed by atoms with van der Waals surface area (Å²) in [6, 6.07) is 0. The molecule has 0 aromatic heterocycles. The topological polar surface area (TPSA) is 83.8 Å². The molecule has 0 rings (SSSR count). The van der Waals surface area contributed by atoms with Crippen LogP contribution in [0.4, 0.5) is 0 Å². The molecule has 1 unspecified atom stereocenters. The van der Waals surface area contributed by atoms with E-state index in [2.05, 4.69) is 4.74 Å². The molecule has 0 bridgehead atoms. The van der Waals surface area contributed by atoms with Crippen molar-refractivity contribution in [2.24, 2.45) is 5.92 Å². The zero-order valence-electron chi connectivity index (χ0n) is 8.84. The Kier molecular flexibility index (Phi) is 6.37. The van der Waals surface area contributed by atoms with Gasteiger partial charge in [-0.1, -0.05) is 13.8 Å². The van der Waals surface area contributed by atoms with Crippen LogP contribution < -0.4 is 0 Å². The summed E-state index contributed by atoms with van der Waals surface area (Å²) in [5.74, 6) is -1.66. The van der Waals surface area contributed by atoms with Crippen LogP contribution in [0.2, 0.25) is 0 Å². The van der Waals surface area contributed by atoms with Crippen molar-refractivity contribution < 1.29 is 24.5 Å². The van der Waals surface area contributed by atoms with Gasteiger partial charge in [0, 0.05) is 12.2 Å². The minimum atomic E-state index is -1.21.